The zero-order chi connectivity index (χ0) is 23.8. The van der Waals surface area contributed by atoms with Crippen molar-refractivity contribution in [3.63, 3.8) is 0 Å². The van der Waals surface area contributed by atoms with E-state index in [-0.39, 0.29) is 4.90 Å². The molecule has 4 rings (SSSR count). The second kappa shape index (κ2) is 9.13. The number of nitrogens with two attached hydrogens (primary N) is 1. The SMILES string of the molecule is CCC(C(N)=O)c1cc(-c2ccc(-c3cccc(S(C)(=O)=O)c3)s2)n(-c2ccccc2Cl)n1. The van der Waals surface area contributed by atoms with Crippen LogP contribution in [0.3, 0.4) is 0 Å². The number of carbonyl (C=O) groups excluding carboxylic acids is 1. The smallest absolute Gasteiger partial charge is 0.226 e. The van der Waals surface area contributed by atoms with E-state index in [1.54, 1.807) is 28.9 Å². The van der Waals surface area contributed by atoms with Crippen LogP contribution in [0.2, 0.25) is 5.02 Å². The van der Waals surface area contributed by atoms with E-state index in [4.69, 9.17) is 22.4 Å². The topological polar surface area (TPSA) is 95.0 Å². The van der Waals surface area contributed by atoms with Crippen LogP contribution in [0.1, 0.15) is 25.0 Å². The van der Waals surface area contributed by atoms with Crippen molar-refractivity contribution < 1.29 is 13.2 Å². The number of rotatable bonds is 7. The lowest BCUT2D eigenvalue weighted by Crippen LogP contribution is -2.21. The van der Waals surface area contributed by atoms with Crippen molar-refractivity contribution in [3.8, 4) is 26.7 Å². The lowest BCUT2D eigenvalue weighted by atomic mass is 10.0. The molecule has 0 bridgehead atoms. The lowest BCUT2D eigenvalue weighted by Gasteiger charge is -2.09. The molecule has 33 heavy (non-hydrogen) atoms. The van der Waals surface area contributed by atoms with Crippen LogP contribution in [0.15, 0.2) is 71.6 Å². The molecule has 0 saturated carbocycles. The number of thiophene rings is 1. The first-order chi connectivity index (χ1) is 15.7. The summed E-state index contributed by atoms with van der Waals surface area (Å²) in [5, 5.41) is 5.22. The molecule has 0 fully saturated rings. The molecule has 1 unspecified atom stereocenters. The molecule has 0 aliphatic carbocycles. The van der Waals surface area contributed by atoms with E-state index >= 15 is 0 Å². The van der Waals surface area contributed by atoms with Crippen LogP contribution in [0.4, 0.5) is 0 Å². The van der Waals surface area contributed by atoms with Crippen molar-refractivity contribution in [1.82, 2.24) is 9.78 Å². The molecule has 2 heterocycles. The van der Waals surface area contributed by atoms with Gasteiger partial charge in [-0.1, -0.05) is 42.8 Å². The Morgan fingerprint density at radius 2 is 1.82 bits per heavy atom. The molecule has 2 N–H and O–H groups in total. The van der Waals surface area contributed by atoms with Crippen LogP contribution < -0.4 is 5.73 Å². The highest BCUT2D eigenvalue weighted by atomic mass is 35.5. The van der Waals surface area contributed by atoms with E-state index in [0.29, 0.717) is 22.8 Å². The molecule has 2 aromatic heterocycles. The molecule has 1 atom stereocenters. The number of para-hydroxylation sites is 1. The highest BCUT2D eigenvalue weighted by Gasteiger charge is 2.23. The Bertz CT molecular complexity index is 1440. The Kier molecular flexibility index (Phi) is 6.43. The number of halogens is 1. The number of benzene rings is 2. The van der Waals surface area contributed by atoms with Crippen LogP contribution in [0, 0.1) is 0 Å². The van der Waals surface area contributed by atoms with Crippen molar-refractivity contribution in [2.45, 2.75) is 24.2 Å². The van der Waals surface area contributed by atoms with E-state index in [9.17, 15) is 13.2 Å². The maximum absolute atomic E-state index is 12.0. The number of carbonyl (C=O) groups is 1. The summed E-state index contributed by atoms with van der Waals surface area (Å²) in [6.45, 7) is 1.89. The van der Waals surface area contributed by atoms with Crippen molar-refractivity contribution in [3.05, 3.63) is 77.4 Å². The summed E-state index contributed by atoms with van der Waals surface area (Å²) in [6, 6.07) is 20.0. The summed E-state index contributed by atoms with van der Waals surface area (Å²) >= 11 is 7.96. The molecular formula is C24H22ClN3O3S2. The van der Waals surface area contributed by atoms with E-state index in [1.165, 1.54) is 17.6 Å². The largest absolute Gasteiger partial charge is 0.369 e. The summed E-state index contributed by atoms with van der Waals surface area (Å²) < 4.78 is 25.7. The van der Waals surface area contributed by atoms with Crippen molar-refractivity contribution in [1.29, 1.82) is 0 Å². The van der Waals surface area contributed by atoms with Gasteiger partial charge in [0.1, 0.15) is 0 Å². The van der Waals surface area contributed by atoms with Gasteiger partial charge in [0.15, 0.2) is 9.84 Å². The number of hydrogen-bond acceptors (Lipinski definition) is 5. The molecule has 6 nitrogen and oxygen atoms in total. The van der Waals surface area contributed by atoms with Gasteiger partial charge in [0, 0.05) is 11.1 Å². The van der Waals surface area contributed by atoms with E-state index in [0.717, 1.165) is 21.0 Å². The number of sulfone groups is 1. The van der Waals surface area contributed by atoms with Gasteiger partial charge in [0.25, 0.3) is 0 Å². The standard InChI is InChI=1S/C24H22ClN3O3S2/c1-3-17(24(26)29)19-14-21(28(27-19)20-10-5-4-9-18(20)25)23-12-11-22(32-23)15-7-6-8-16(13-15)33(2,30)31/h4-14,17H,3H2,1-2H3,(H2,26,29). The first kappa shape index (κ1) is 23.2. The summed E-state index contributed by atoms with van der Waals surface area (Å²) in [5.74, 6) is -0.948. The lowest BCUT2D eigenvalue weighted by molar-refractivity contribution is -0.119. The third kappa shape index (κ3) is 4.73. The summed E-state index contributed by atoms with van der Waals surface area (Å²) in [4.78, 5) is 14.1. The van der Waals surface area contributed by atoms with Crippen LogP contribution in [0.5, 0.6) is 0 Å². The Hall–Kier alpha value is -2.94. The van der Waals surface area contributed by atoms with Gasteiger partial charge in [0.05, 0.1) is 37.8 Å². The van der Waals surface area contributed by atoms with Gasteiger partial charge in [-0.2, -0.15) is 5.10 Å². The van der Waals surface area contributed by atoms with Gasteiger partial charge in [-0.15, -0.1) is 11.3 Å². The summed E-state index contributed by atoms with van der Waals surface area (Å²) in [7, 11) is -3.31. The van der Waals surface area contributed by atoms with Gasteiger partial charge >= 0.3 is 0 Å². The van der Waals surface area contributed by atoms with Crippen LogP contribution in [0.25, 0.3) is 26.7 Å². The minimum Gasteiger partial charge on any atom is -0.369 e. The zero-order valence-corrected chi connectivity index (χ0v) is 20.4. The fourth-order valence-electron chi connectivity index (χ4n) is 3.62. The minimum absolute atomic E-state index is 0.269. The average molecular weight is 500 g/mol. The van der Waals surface area contributed by atoms with Crippen molar-refractivity contribution in [2.24, 2.45) is 5.73 Å². The number of hydrogen-bond donors (Lipinski definition) is 1. The predicted molar refractivity (Wildman–Crippen MR) is 133 cm³/mol. The third-order valence-electron chi connectivity index (χ3n) is 5.32. The molecule has 0 spiro atoms. The fraction of sp³-hybridized carbons (Fsp3) is 0.167. The minimum atomic E-state index is -3.31. The van der Waals surface area contributed by atoms with Crippen LogP contribution in [-0.2, 0) is 14.6 Å². The molecule has 4 aromatic rings. The van der Waals surface area contributed by atoms with Gasteiger partial charge in [0.2, 0.25) is 5.91 Å². The predicted octanol–water partition coefficient (Wildman–Crippen LogP) is 5.30. The number of nitrogens with zero attached hydrogens (tertiary/aromatic N) is 2. The zero-order valence-electron chi connectivity index (χ0n) is 18.0. The van der Waals surface area contributed by atoms with Crippen LogP contribution >= 0.6 is 22.9 Å². The normalized spacial score (nSPS) is 12.6. The molecule has 0 aliphatic heterocycles. The first-order valence-electron chi connectivity index (χ1n) is 10.2. The van der Waals surface area contributed by atoms with Gasteiger partial charge in [-0.3, -0.25) is 4.79 Å². The molecule has 0 saturated heterocycles. The second-order valence-corrected chi connectivity index (χ2v) is 11.2. The van der Waals surface area contributed by atoms with E-state index in [1.807, 2.05) is 49.4 Å². The number of amides is 1. The van der Waals surface area contributed by atoms with Gasteiger partial charge in [-0.25, -0.2) is 13.1 Å². The van der Waals surface area contributed by atoms with Crippen LogP contribution in [-0.4, -0.2) is 30.4 Å². The average Bonchev–Trinajstić information content (AvgIpc) is 3.41. The molecule has 1 amide bonds. The van der Waals surface area contributed by atoms with E-state index in [2.05, 4.69) is 0 Å². The summed E-state index contributed by atoms with van der Waals surface area (Å²) in [6.07, 6.45) is 1.72. The fourth-order valence-corrected chi connectivity index (χ4v) is 5.51. The molecule has 9 heteroatoms. The first-order valence-corrected chi connectivity index (χ1v) is 13.3. The van der Waals surface area contributed by atoms with Gasteiger partial charge in [-0.05, 0) is 54.4 Å². The summed E-state index contributed by atoms with van der Waals surface area (Å²) in [5.41, 5.74) is 8.46. The highest BCUT2D eigenvalue weighted by molar-refractivity contribution is 7.90. The Balaban J connectivity index is 1.84. The Labute approximate surface area is 201 Å². The quantitative estimate of drug-likeness (QED) is 0.373. The molecular weight excluding hydrogens is 478 g/mol. The van der Waals surface area contributed by atoms with Crippen molar-refractivity contribution >= 4 is 38.7 Å². The number of primary amides is 1. The molecule has 2 aromatic carbocycles. The third-order valence-corrected chi connectivity index (χ3v) is 7.91. The maximum atomic E-state index is 12.0. The molecule has 0 aliphatic rings. The molecule has 170 valence electrons. The number of aromatic nitrogens is 2. The van der Waals surface area contributed by atoms with Gasteiger partial charge < -0.3 is 5.73 Å². The van der Waals surface area contributed by atoms with Crippen molar-refractivity contribution in [2.75, 3.05) is 6.26 Å². The Morgan fingerprint density at radius 1 is 1.09 bits per heavy atom. The maximum Gasteiger partial charge on any atom is 0.226 e. The Morgan fingerprint density at radius 3 is 2.48 bits per heavy atom. The second-order valence-electron chi connectivity index (χ2n) is 7.64. The highest BCUT2D eigenvalue weighted by Crippen LogP contribution is 2.38. The van der Waals surface area contributed by atoms with E-state index < -0.39 is 21.7 Å². The monoisotopic (exact) mass is 499 g/mol. The molecule has 0 radical (unpaired) electrons.